The van der Waals surface area contributed by atoms with E-state index in [1.165, 1.54) is 14.2 Å². The first-order valence-corrected chi connectivity index (χ1v) is 11.0. The summed E-state index contributed by atoms with van der Waals surface area (Å²) in [7, 11) is 2.96. The van der Waals surface area contributed by atoms with Crippen molar-refractivity contribution in [3.8, 4) is 0 Å². The van der Waals surface area contributed by atoms with Gasteiger partial charge in [-0.05, 0) is 35.6 Å². The summed E-state index contributed by atoms with van der Waals surface area (Å²) in [5.41, 5.74) is 3.10. The molecule has 31 heavy (non-hydrogen) atoms. The molecule has 0 radical (unpaired) electrons. The molecule has 1 unspecified atom stereocenters. The lowest BCUT2D eigenvalue weighted by Gasteiger charge is -2.26. The number of nitrogens with zero attached hydrogens (tertiary/aromatic N) is 1. The summed E-state index contributed by atoms with van der Waals surface area (Å²) < 4.78 is 5.75. The van der Waals surface area contributed by atoms with Gasteiger partial charge in [0.2, 0.25) is 0 Å². The number of hydrogen-bond acceptors (Lipinski definition) is 4. The molecule has 3 rings (SSSR count). The van der Waals surface area contributed by atoms with Crippen LogP contribution in [0.4, 0.5) is 0 Å². The summed E-state index contributed by atoms with van der Waals surface area (Å²) in [6.45, 7) is 8.95. The van der Waals surface area contributed by atoms with Gasteiger partial charge in [-0.2, -0.15) is 0 Å². The molecular weight excluding hydrogens is 392 g/mol. The number of hydrogen-bond donors (Lipinski definition) is 1. The molecule has 6 nitrogen and oxygen atoms in total. The van der Waals surface area contributed by atoms with Crippen molar-refractivity contribution in [1.82, 2.24) is 10.4 Å². The summed E-state index contributed by atoms with van der Waals surface area (Å²) in [5, 5.41) is 4.04. The molecule has 0 aliphatic carbocycles. The molecule has 0 saturated carbocycles. The monoisotopic (exact) mass is 428 g/mol. The number of ether oxygens (including phenoxy) is 1. The Kier molecular flexibility index (Phi) is 12.2. The fraction of sp³-hybridized carbons (Fsp3) is 0.440. The average Bonchev–Trinajstić information content (AvgIpc) is 2.83. The largest absolute Gasteiger partial charge is 0.377 e. The molecular formula is C25H36N2O4. The smallest absolute Gasteiger partial charge is 0.273 e. The number of rotatable bonds is 2. The second-order valence-electron chi connectivity index (χ2n) is 6.44. The number of hydroxylamine groups is 2. The van der Waals surface area contributed by atoms with Crippen molar-refractivity contribution in [3.63, 3.8) is 0 Å². The standard InChI is InChI=1S/C21H24N2O4.2C2H6/c1-23(26-2)21(25)19-17-11-5-3-8-15(17)10-7-13-27-14-16-9-4-6-12-18(16)20(24)22-19;2*1-2/h3-6,8-9,11-12,19H,7,10,13-14H2,1-2H3,(H,22,24);2*1-2H3. The van der Waals surface area contributed by atoms with E-state index < -0.39 is 6.04 Å². The molecule has 0 fully saturated rings. The Morgan fingerprint density at radius 2 is 1.65 bits per heavy atom. The third-order valence-electron chi connectivity index (χ3n) is 4.73. The predicted octanol–water partition coefficient (Wildman–Crippen LogP) is 4.69. The van der Waals surface area contributed by atoms with Gasteiger partial charge in [0.1, 0.15) is 6.04 Å². The van der Waals surface area contributed by atoms with E-state index in [-0.39, 0.29) is 11.8 Å². The molecule has 6 heteroatoms. The normalized spacial score (nSPS) is 15.7. The van der Waals surface area contributed by atoms with Gasteiger partial charge >= 0.3 is 0 Å². The molecule has 0 bridgehead atoms. The van der Waals surface area contributed by atoms with Gasteiger partial charge in [0, 0.05) is 19.2 Å². The number of aryl methyl sites for hydroxylation is 1. The molecule has 0 spiro atoms. The maximum absolute atomic E-state index is 13.0. The van der Waals surface area contributed by atoms with Crippen LogP contribution in [0.1, 0.15) is 67.2 Å². The van der Waals surface area contributed by atoms with Crippen LogP contribution in [0.25, 0.3) is 0 Å². The summed E-state index contributed by atoms with van der Waals surface area (Å²) in [4.78, 5) is 31.0. The Morgan fingerprint density at radius 3 is 2.32 bits per heavy atom. The van der Waals surface area contributed by atoms with E-state index in [9.17, 15) is 9.59 Å². The first-order valence-electron chi connectivity index (χ1n) is 11.0. The maximum Gasteiger partial charge on any atom is 0.273 e. The van der Waals surface area contributed by atoms with Crippen LogP contribution in [0.2, 0.25) is 0 Å². The van der Waals surface area contributed by atoms with E-state index >= 15 is 0 Å². The lowest BCUT2D eigenvalue weighted by molar-refractivity contribution is -0.171. The Labute approximate surface area is 186 Å². The van der Waals surface area contributed by atoms with Gasteiger partial charge in [0.15, 0.2) is 0 Å². The molecule has 0 saturated heterocycles. The van der Waals surface area contributed by atoms with Crippen LogP contribution < -0.4 is 5.32 Å². The molecule has 170 valence electrons. The first kappa shape index (κ1) is 26.3. The molecule has 1 N–H and O–H groups in total. The SMILES string of the molecule is CC.CC.CON(C)C(=O)C1NC(=O)c2ccccc2COCCCc2ccccc21. The maximum atomic E-state index is 13.0. The van der Waals surface area contributed by atoms with Gasteiger partial charge in [0.25, 0.3) is 11.8 Å². The highest BCUT2D eigenvalue weighted by atomic mass is 16.7. The van der Waals surface area contributed by atoms with Gasteiger partial charge in [-0.3, -0.25) is 14.4 Å². The third-order valence-corrected chi connectivity index (χ3v) is 4.73. The number of amides is 2. The zero-order valence-corrected chi connectivity index (χ0v) is 19.6. The number of fused-ring (bicyclic) bond motifs is 2. The van der Waals surface area contributed by atoms with Crippen LogP contribution in [0.5, 0.6) is 0 Å². The molecule has 1 atom stereocenters. The van der Waals surface area contributed by atoms with Gasteiger partial charge in [-0.1, -0.05) is 70.2 Å². The molecule has 0 aromatic heterocycles. The first-order chi connectivity index (χ1) is 15.1. The van der Waals surface area contributed by atoms with Crippen molar-refractivity contribution in [3.05, 3.63) is 70.8 Å². The van der Waals surface area contributed by atoms with Gasteiger partial charge in [-0.15, -0.1) is 0 Å². The number of nitrogens with one attached hydrogen (secondary N) is 1. The predicted molar refractivity (Wildman–Crippen MR) is 124 cm³/mol. The zero-order chi connectivity index (χ0) is 23.2. The number of carbonyl (C=O) groups is 2. The van der Waals surface area contributed by atoms with E-state index in [0.717, 1.165) is 34.6 Å². The van der Waals surface area contributed by atoms with Crippen LogP contribution in [-0.2, 0) is 27.4 Å². The third kappa shape index (κ3) is 7.19. The van der Waals surface area contributed by atoms with Crippen LogP contribution in [-0.4, -0.2) is 37.6 Å². The Hall–Kier alpha value is -2.70. The van der Waals surface area contributed by atoms with Gasteiger partial charge in [-0.25, -0.2) is 5.06 Å². The molecule has 1 aliphatic heterocycles. The number of likely N-dealkylation sites (N-methyl/N-ethyl adjacent to an activating group) is 1. The minimum atomic E-state index is -0.827. The van der Waals surface area contributed by atoms with E-state index in [2.05, 4.69) is 5.32 Å². The highest BCUT2D eigenvalue weighted by Crippen LogP contribution is 2.23. The summed E-state index contributed by atoms with van der Waals surface area (Å²) >= 11 is 0. The molecule has 1 aliphatic rings. The topological polar surface area (TPSA) is 67.9 Å². The highest BCUT2D eigenvalue weighted by molar-refractivity contribution is 5.98. The second-order valence-corrected chi connectivity index (χ2v) is 6.44. The lowest BCUT2D eigenvalue weighted by atomic mass is 9.95. The zero-order valence-electron chi connectivity index (χ0n) is 19.6. The van der Waals surface area contributed by atoms with Crippen LogP contribution >= 0.6 is 0 Å². The summed E-state index contributed by atoms with van der Waals surface area (Å²) in [5.74, 6) is -0.642. The van der Waals surface area contributed by atoms with E-state index in [1.807, 2.05) is 64.1 Å². The Balaban J connectivity index is 0.00000113. The van der Waals surface area contributed by atoms with Crippen LogP contribution in [0, 0.1) is 0 Å². The fourth-order valence-corrected chi connectivity index (χ4v) is 3.21. The minimum absolute atomic E-state index is 0.313. The molecule has 2 aromatic carbocycles. The Morgan fingerprint density at radius 1 is 1.03 bits per heavy atom. The van der Waals surface area contributed by atoms with E-state index in [4.69, 9.17) is 9.57 Å². The van der Waals surface area contributed by atoms with Crippen molar-refractivity contribution in [2.75, 3.05) is 20.8 Å². The molecule has 2 aromatic rings. The van der Waals surface area contributed by atoms with Crippen molar-refractivity contribution in [2.45, 2.75) is 53.2 Å². The van der Waals surface area contributed by atoms with Crippen molar-refractivity contribution in [2.24, 2.45) is 0 Å². The van der Waals surface area contributed by atoms with Crippen molar-refractivity contribution in [1.29, 1.82) is 0 Å². The fourth-order valence-electron chi connectivity index (χ4n) is 3.21. The van der Waals surface area contributed by atoms with E-state index in [0.29, 0.717) is 18.8 Å². The van der Waals surface area contributed by atoms with Crippen molar-refractivity contribution < 1.29 is 19.2 Å². The molecule has 1 heterocycles. The number of carbonyl (C=O) groups excluding carboxylic acids is 2. The quantitative estimate of drug-likeness (QED) is 0.705. The Bertz CT molecular complexity index is 823. The minimum Gasteiger partial charge on any atom is -0.377 e. The van der Waals surface area contributed by atoms with Crippen molar-refractivity contribution >= 4 is 11.8 Å². The van der Waals surface area contributed by atoms with Gasteiger partial charge < -0.3 is 10.1 Å². The average molecular weight is 429 g/mol. The summed E-state index contributed by atoms with van der Waals surface area (Å²) in [6.07, 6.45) is 1.59. The second kappa shape index (κ2) is 14.3. The molecule has 2 amide bonds. The van der Waals surface area contributed by atoms with Crippen LogP contribution in [0.3, 0.4) is 0 Å². The van der Waals surface area contributed by atoms with Crippen LogP contribution in [0.15, 0.2) is 48.5 Å². The summed E-state index contributed by atoms with van der Waals surface area (Å²) in [6, 6.07) is 14.1. The van der Waals surface area contributed by atoms with Gasteiger partial charge in [0.05, 0.1) is 13.7 Å². The van der Waals surface area contributed by atoms with E-state index in [1.54, 1.807) is 12.1 Å². The number of benzene rings is 2. The lowest BCUT2D eigenvalue weighted by Crippen LogP contribution is -2.41. The highest BCUT2D eigenvalue weighted by Gasteiger charge is 2.29.